The molecule has 1 saturated heterocycles. The normalized spacial score (nSPS) is 18.6. The number of hydrogen-bond acceptors (Lipinski definition) is 2. The summed E-state index contributed by atoms with van der Waals surface area (Å²) in [5.41, 5.74) is 1.18. The first-order chi connectivity index (χ1) is 10.2. The molecule has 1 aliphatic rings. The van der Waals surface area contributed by atoms with Gasteiger partial charge in [0.1, 0.15) is 5.75 Å². The van der Waals surface area contributed by atoms with E-state index in [0.29, 0.717) is 18.3 Å². The maximum absolute atomic E-state index is 12.4. The maximum atomic E-state index is 12.4. The van der Waals surface area contributed by atoms with Crippen molar-refractivity contribution in [2.24, 2.45) is 0 Å². The van der Waals surface area contributed by atoms with Gasteiger partial charge >= 0.3 is 0 Å². The molecule has 21 heavy (non-hydrogen) atoms. The average Bonchev–Trinajstić information content (AvgIpc) is 2.54. The van der Waals surface area contributed by atoms with E-state index in [1.807, 2.05) is 24.3 Å². The van der Waals surface area contributed by atoms with Crippen LogP contribution in [0.15, 0.2) is 24.3 Å². The molecule has 2 rings (SSSR count). The Hall–Kier alpha value is -1.22. The topological polar surface area (TPSA) is 29.5 Å². The number of ether oxygens (including phenoxy) is 1. The van der Waals surface area contributed by atoms with Gasteiger partial charge in [0, 0.05) is 24.9 Å². The minimum absolute atomic E-state index is 0.264. The van der Waals surface area contributed by atoms with Crippen LogP contribution in [0.1, 0.15) is 37.7 Å². The molecule has 0 aromatic heterocycles. The lowest BCUT2D eigenvalue weighted by Gasteiger charge is -2.35. The molecule has 116 valence electrons. The fraction of sp³-hybridized carbons (Fsp3) is 0.588. The molecule has 0 N–H and O–H groups in total. The zero-order valence-electron chi connectivity index (χ0n) is 12.7. The number of halogens is 1. The molecule has 1 heterocycles. The van der Waals surface area contributed by atoms with Gasteiger partial charge in [0.25, 0.3) is 0 Å². The lowest BCUT2D eigenvalue weighted by atomic mass is 9.99. The second kappa shape index (κ2) is 8.28. The van der Waals surface area contributed by atoms with Gasteiger partial charge in [-0.15, -0.1) is 11.6 Å². The highest BCUT2D eigenvalue weighted by Gasteiger charge is 2.25. The summed E-state index contributed by atoms with van der Waals surface area (Å²) in [6.45, 7) is 0.892. The molecular weight excluding hydrogens is 286 g/mol. The van der Waals surface area contributed by atoms with Gasteiger partial charge in [0.15, 0.2) is 0 Å². The number of likely N-dealkylation sites (tertiary alicyclic amines) is 1. The Labute approximate surface area is 132 Å². The smallest absolute Gasteiger partial charge is 0.223 e. The summed E-state index contributed by atoms with van der Waals surface area (Å²) >= 11 is 5.86. The lowest BCUT2D eigenvalue weighted by Crippen LogP contribution is -2.44. The monoisotopic (exact) mass is 309 g/mol. The first-order valence-electron chi connectivity index (χ1n) is 7.73. The third kappa shape index (κ3) is 4.63. The van der Waals surface area contributed by atoms with Crippen molar-refractivity contribution in [3.8, 4) is 5.75 Å². The van der Waals surface area contributed by atoms with E-state index in [9.17, 15) is 4.79 Å². The van der Waals surface area contributed by atoms with Crippen molar-refractivity contribution in [2.75, 3.05) is 19.5 Å². The number of benzene rings is 1. The fourth-order valence-electron chi connectivity index (χ4n) is 2.94. The minimum atomic E-state index is 0.264. The molecule has 0 radical (unpaired) electrons. The van der Waals surface area contributed by atoms with Crippen molar-refractivity contribution in [3.05, 3.63) is 29.8 Å². The van der Waals surface area contributed by atoms with Gasteiger partial charge in [-0.05, 0) is 49.8 Å². The highest BCUT2D eigenvalue weighted by Crippen LogP contribution is 2.21. The van der Waals surface area contributed by atoms with Crippen LogP contribution in [0.5, 0.6) is 5.75 Å². The number of piperidine rings is 1. The largest absolute Gasteiger partial charge is 0.497 e. The summed E-state index contributed by atoms with van der Waals surface area (Å²) in [5, 5.41) is 0. The molecule has 1 aromatic rings. The molecule has 0 bridgehead atoms. The Morgan fingerprint density at radius 3 is 2.76 bits per heavy atom. The number of nitrogens with zero attached hydrogens (tertiary/aromatic N) is 1. The van der Waals surface area contributed by atoms with Gasteiger partial charge in [-0.25, -0.2) is 0 Å². The number of carbonyl (C=O) groups is 1. The van der Waals surface area contributed by atoms with Crippen LogP contribution in [0.25, 0.3) is 0 Å². The molecule has 1 fully saturated rings. The first kappa shape index (κ1) is 16.2. The molecule has 0 saturated carbocycles. The van der Waals surface area contributed by atoms with Gasteiger partial charge in [-0.3, -0.25) is 4.79 Å². The van der Waals surface area contributed by atoms with E-state index in [1.54, 1.807) is 7.11 Å². The molecule has 1 aromatic carbocycles. The molecule has 1 unspecified atom stereocenters. The highest BCUT2D eigenvalue weighted by molar-refractivity contribution is 6.17. The van der Waals surface area contributed by atoms with E-state index in [-0.39, 0.29) is 5.91 Å². The zero-order valence-corrected chi connectivity index (χ0v) is 13.4. The van der Waals surface area contributed by atoms with E-state index in [0.717, 1.165) is 38.0 Å². The highest BCUT2D eigenvalue weighted by atomic mass is 35.5. The van der Waals surface area contributed by atoms with Crippen molar-refractivity contribution >= 4 is 17.5 Å². The van der Waals surface area contributed by atoms with E-state index in [2.05, 4.69) is 4.90 Å². The molecule has 0 spiro atoms. The van der Waals surface area contributed by atoms with E-state index < -0.39 is 0 Å². The van der Waals surface area contributed by atoms with Crippen LogP contribution in [0.3, 0.4) is 0 Å². The predicted octanol–water partition coefficient (Wildman–Crippen LogP) is 3.64. The first-order valence-corrected chi connectivity index (χ1v) is 8.26. The Kier molecular flexibility index (Phi) is 6.37. The van der Waals surface area contributed by atoms with E-state index in [1.165, 1.54) is 12.0 Å². The minimum Gasteiger partial charge on any atom is -0.497 e. The van der Waals surface area contributed by atoms with Crippen molar-refractivity contribution in [2.45, 2.75) is 44.6 Å². The van der Waals surface area contributed by atoms with E-state index in [4.69, 9.17) is 16.3 Å². The van der Waals surface area contributed by atoms with Gasteiger partial charge < -0.3 is 9.64 Å². The summed E-state index contributed by atoms with van der Waals surface area (Å²) in [7, 11) is 1.66. The molecule has 3 nitrogen and oxygen atoms in total. The number of methoxy groups -OCH3 is 1. The van der Waals surface area contributed by atoms with Crippen LogP contribution >= 0.6 is 11.6 Å². The Balaban J connectivity index is 1.87. The van der Waals surface area contributed by atoms with Gasteiger partial charge in [-0.1, -0.05) is 12.1 Å². The summed E-state index contributed by atoms with van der Waals surface area (Å²) < 4.78 is 5.14. The molecule has 4 heteroatoms. The number of amides is 1. The van der Waals surface area contributed by atoms with Crippen molar-refractivity contribution in [1.82, 2.24) is 4.90 Å². The predicted molar refractivity (Wildman–Crippen MR) is 86.0 cm³/mol. The van der Waals surface area contributed by atoms with Crippen LogP contribution in [0, 0.1) is 0 Å². The summed E-state index contributed by atoms with van der Waals surface area (Å²) in [5.74, 6) is 1.75. The average molecular weight is 310 g/mol. The number of alkyl halides is 1. The fourth-order valence-corrected chi connectivity index (χ4v) is 3.19. The standard InChI is InChI=1S/C17H24ClNO2/c1-21-16-8-5-14(6-9-16)7-10-17(20)19-13-3-2-4-15(19)11-12-18/h5-6,8-9,15H,2-4,7,10-13H2,1H3. The Morgan fingerprint density at radius 1 is 1.33 bits per heavy atom. The van der Waals surface area contributed by atoms with Crippen molar-refractivity contribution in [1.29, 1.82) is 0 Å². The molecule has 0 aliphatic carbocycles. The van der Waals surface area contributed by atoms with Crippen LogP contribution in [0.4, 0.5) is 0 Å². The van der Waals surface area contributed by atoms with E-state index >= 15 is 0 Å². The van der Waals surface area contributed by atoms with Crippen molar-refractivity contribution in [3.63, 3.8) is 0 Å². The lowest BCUT2D eigenvalue weighted by molar-refractivity contribution is -0.134. The summed E-state index contributed by atoms with van der Waals surface area (Å²) in [6, 6.07) is 8.28. The Bertz CT molecular complexity index is 445. The number of rotatable bonds is 6. The molecule has 1 aliphatic heterocycles. The van der Waals surface area contributed by atoms with Crippen LogP contribution < -0.4 is 4.74 Å². The summed E-state index contributed by atoms with van der Waals surface area (Å²) in [4.78, 5) is 14.5. The maximum Gasteiger partial charge on any atom is 0.223 e. The summed E-state index contributed by atoms with van der Waals surface area (Å²) in [6.07, 6.45) is 5.70. The number of hydrogen-bond donors (Lipinski definition) is 0. The van der Waals surface area contributed by atoms with Crippen molar-refractivity contribution < 1.29 is 9.53 Å². The van der Waals surface area contributed by atoms with Gasteiger partial charge in [0.2, 0.25) is 5.91 Å². The zero-order chi connectivity index (χ0) is 15.1. The second-order valence-corrected chi connectivity index (χ2v) is 5.94. The Morgan fingerprint density at radius 2 is 2.10 bits per heavy atom. The third-order valence-electron chi connectivity index (χ3n) is 4.18. The second-order valence-electron chi connectivity index (χ2n) is 5.56. The van der Waals surface area contributed by atoms with Gasteiger partial charge in [0.05, 0.1) is 7.11 Å². The number of aryl methyl sites for hydroxylation is 1. The van der Waals surface area contributed by atoms with Crippen LogP contribution in [0.2, 0.25) is 0 Å². The van der Waals surface area contributed by atoms with Gasteiger partial charge in [-0.2, -0.15) is 0 Å². The SMILES string of the molecule is COc1ccc(CCC(=O)N2CCCCC2CCCl)cc1. The quantitative estimate of drug-likeness (QED) is 0.751. The third-order valence-corrected chi connectivity index (χ3v) is 4.39. The number of carbonyl (C=O) groups excluding carboxylic acids is 1. The molecule has 1 amide bonds. The molecule has 1 atom stereocenters. The van der Waals surface area contributed by atoms with Crippen LogP contribution in [-0.4, -0.2) is 36.4 Å². The molecular formula is C17H24ClNO2. The van der Waals surface area contributed by atoms with Crippen LogP contribution in [-0.2, 0) is 11.2 Å².